The predicted molar refractivity (Wildman–Crippen MR) is 131 cm³/mol. The van der Waals surface area contributed by atoms with Crippen molar-refractivity contribution in [3.05, 3.63) is 47.5 Å². The van der Waals surface area contributed by atoms with E-state index in [1.54, 1.807) is 12.1 Å². The first-order valence-electron chi connectivity index (χ1n) is 12.1. The third-order valence-electron chi connectivity index (χ3n) is 7.58. The van der Waals surface area contributed by atoms with E-state index in [0.29, 0.717) is 23.6 Å². The number of nitrogens with two attached hydrogens (primary N) is 1. The number of primary sulfonamides is 1. The number of likely N-dealkylation sites (tertiary alicyclic amines) is 1. The van der Waals surface area contributed by atoms with E-state index in [-0.39, 0.29) is 17.0 Å². The number of benzene rings is 2. The molecule has 2 heterocycles. The molecule has 198 valence electrons. The highest BCUT2D eigenvalue weighted by atomic mass is 32.2. The highest BCUT2D eigenvalue weighted by Crippen LogP contribution is 2.43. The van der Waals surface area contributed by atoms with Gasteiger partial charge in [-0.05, 0) is 79.7 Å². The van der Waals surface area contributed by atoms with E-state index in [1.165, 1.54) is 18.9 Å². The number of H-pyrrole nitrogens is 1. The first-order chi connectivity index (χ1) is 17.6. The Hall–Kier alpha value is -2.87. The molecule has 1 saturated heterocycles. The number of nitrogens with one attached hydrogen (secondary N) is 2. The molecule has 2 aliphatic rings. The Morgan fingerprint density at radius 3 is 2.30 bits per heavy atom. The molecule has 37 heavy (non-hydrogen) atoms. The summed E-state index contributed by atoms with van der Waals surface area (Å²) in [6.45, 7) is 2.07. The fourth-order valence-electron chi connectivity index (χ4n) is 5.49. The summed E-state index contributed by atoms with van der Waals surface area (Å²) in [7, 11) is -2.79. The van der Waals surface area contributed by atoms with Crippen molar-refractivity contribution in [3.8, 4) is 22.5 Å². The standard InChI is InChI=1S/C24H28F3N7O2S/c1-29-17-12-18(13-17)34-10-8-15(9-11-34)14-2-4-16(5-3-14)19-6-7-20(24(25,26)27)22(37(28,35)36)21(19)23-30-32-33-31-23/h2-7,15,17-18,29H,8-13H2,1H3,(H2,28,35,36)(H,30,31,32,33). The number of tetrazole rings is 1. The Morgan fingerprint density at radius 2 is 1.76 bits per heavy atom. The molecule has 0 radical (unpaired) electrons. The molecule has 0 bridgehead atoms. The summed E-state index contributed by atoms with van der Waals surface area (Å²) < 4.78 is 66.0. The lowest BCUT2D eigenvalue weighted by Gasteiger charge is -2.45. The molecule has 0 unspecified atom stereocenters. The van der Waals surface area contributed by atoms with Gasteiger partial charge in [0, 0.05) is 12.1 Å². The highest BCUT2D eigenvalue weighted by molar-refractivity contribution is 7.89. The smallest absolute Gasteiger partial charge is 0.317 e. The van der Waals surface area contributed by atoms with Crippen molar-refractivity contribution >= 4 is 10.0 Å². The molecule has 9 nitrogen and oxygen atoms in total. The number of hydrogen-bond donors (Lipinski definition) is 3. The SMILES string of the molecule is CNC1CC(N2CCC(c3ccc(-c4ccc(C(F)(F)F)c(S(N)(=O)=O)c4-c4nn[nH]n4)cc3)CC2)C1. The van der Waals surface area contributed by atoms with Crippen molar-refractivity contribution in [2.75, 3.05) is 20.1 Å². The van der Waals surface area contributed by atoms with E-state index in [4.69, 9.17) is 5.14 Å². The zero-order valence-corrected chi connectivity index (χ0v) is 21.0. The first kappa shape index (κ1) is 25.8. The van der Waals surface area contributed by atoms with E-state index in [9.17, 15) is 21.6 Å². The lowest BCUT2D eigenvalue weighted by Crippen LogP contribution is -2.53. The molecule has 0 spiro atoms. The number of aromatic amines is 1. The molecule has 1 aliphatic heterocycles. The van der Waals surface area contributed by atoms with Crippen LogP contribution in [-0.4, -0.2) is 66.2 Å². The van der Waals surface area contributed by atoms with Gasteiger partial charge in [-0.15, -0.1) is 10.2 Å². The number of aromatic nitrogens is 4. The second kappa shape index (κ2) is 9.78. The van der Waals surface area contributed by atoms with Gasteiger partial charge in [0.15, 0.2) is 0 Å². The summed E-state index contributed by atoms with van der Waals surface area (Å²) in [5, 5.41) is 21.7. The lowest BCUT2D eigenvalue weighted by molar-refractivity contribution is -0.139. The van der Waals surface area contributed by atoms with Crippen molar-refractivity contribution in [2.45, 2.75) is 54.8 Å². The average Bonchev–Trinajstić information content (AvgIpc) is 3.37. The number of rotatable bonds is 6. The Bertz CT molecular complexity index is 1350. The normalized spacial score (nSPS) is 21.6. The van der Waals surface area contributed by atoms with Crippen molar-refractivity contribution in [1.82, 2.24) is 30.8 Å². The third-order valence-corrected chi connectivity index (χ3v) is 8.57. The Labute approximate surface area is 212 Å². The van der Waals surface area contributed by atoms with Crippen LogP contribution >= 0.6 is 0 Å². The van der Waals surface area contributed by atoms with Gasteiger partial charge in [0.05, 0.1) is 11.1 Å². The molecular formula is C24H28F3N7O2S. The maximum absolute atomic E-state index is 13.7. The van der Waals surface area contributed by atoms with Gasteiger partial charge in [-0.2, -0.15) is 18.4 Å². The van der Waals surface area contributed by atoms with E-state index in [1.807, 2.05) is 19.2 Å². The Morgan fingerprint density at radius 1 is 1.08 bits per heavy atom. The fourth-order valence-corrected chi connectivity index (χ4v) is 6.46. The maximum atomic E-state index is 13.7. The monoisotopic (exact) mass is 535 g/mol. The largest absolute Gasteiger partial charge is 0.417 e. The van der Waals surface area contributed by atoms with Gasteiger partial charge in [-0.3, -0.25) is 0 Å². The molecule has 1 saturated carbocycles. The molecule has 5 rings (SSSR count). The van der Waals surface area contributed by atoms with Crippen LogP contribution in [0, 0.1) is 0 Å². The molecule has 4 N–H and O–H groups in total. The third kappa shape index (κ3) is 5.13. The van der Waals surface area contributed by atoms with Crippen LogP contribution in [-0.2, 0) is 16.2 Å². The van der Waals surface area contributed by atoms with Gasteiger partial charge in [-0.25, -0.2) is 13.6 Å². The van der Waals surface area contributed by atoms with Gasteiger partial charge >= 0.3 is 6.18 Å². The van der Waals surface area contributed by atoms with Crippen LogP contribution in [0.2, 0.25) is 0 Å². The molecule has 2 fully saturated rings. The van der Waals surface area contributed by atoms with Gasteiger partial charge in [0.25, 0.3) is 0 Å². The molecule has 2 aromatic carbocycles. The zero-order chi connectivity index (χ0) is 26.4. The van der Waals surface area contributed by atoms with Crippen LogP contribution in [0.25, 0.3) is 22.5 Å². The van der Waals surface area contributed by atoms with Crippen LogP contribution in [0.15, 0.2) is 41.3 Å². The molecule has 0 atom stereocenters. The number of alkyl halides is 3. The minimum absolute atomic E-state index is 0.212. The quantitative estimate of drug-likeness (QED) is 0.442. The maximum Gasteiger partial charge on any atom is 0.417 e. The molecule has 3 aromatic rings. The summed E-state index contributed by atoms with van der Waals surface area (Å²) in [6, 6.07) is 10.7. The van der Waals surface area contributed by atoms with Crippen LogP contribution < -0.4 is 10.5 Å². The van der Waals surface area contributed by atoms with Gasteiger partial charge in [0.1, 0.15) is 4.90 Å². The van der Waals surface area contributed by atoms with Crippen molar-refractivity contribution in [2.24, 2.45) is 5.14 Å². The fraction of sp³-hybridized carbons (Fsp3) is 0.458. The number of piperidine rings is 1. The minimum atomic E-state index is -4.95. The molecule has 1 aliphatic carbocycles. The Kier molecular flexibility index (Phi) is 6.81. The first-order valence-corrected chi connectivity index (χ1v) is 13.6. The van der Waals surface area contributed by atoms with Gasteiger partial charge in [0.2, 0.25) is 15.8 Å². The minimum Gasteiger partial charge on any atom is -0.317 e. The average molecular weight is 536 g/mol. The summed E-state index contributed by atoms with van der Waals surface area (Å²) in [4.78, 5) is 1.49. The molecule has 1 aromatic heterocycles. The van der Waals surface area contributed by atoms with Crippen molar-refractivity contribution in [3.63, 3.8) is 0 Å². The number of sulfonamides is 1. The van der Waals surface area contributed by atoms with Crippen LogP contribution in [0.3, 0.4) is 0 Å². The number of nitrogens with zero attached hydrogens (tertiary/aromatic N) is 4. The lowest BCUT2D eigenvalue weighted by atomic mass is 9.82. The van der Waals surface area contributed by atoms with E-state index < -0.39 is 26.7 Å². The summed E-state index contributed by atoms with van der Waals surface area (Å²) in [5.41, 5.74) is 0.155. The molecule has 0 amide bonds. The zero-order valence-electron chi connectivity index (χ0n) is 20.2. The second-order valence-electron chi connectivity index (χ2n) is 9.69. The highest BCUT2D eigenvalue weighted by Gasteiger charge is 2.40. The summed E-state index contributed by atoms with van der Waals surface area (Å²) in [6.07, 6.45) is -0.516. The second-order valence-corrected chi connectivity index (χ2v) is 11.2. The summed E-state index contributed by atoms with van der Waals surface area (Å²) in [5.74, 6) is 0.0906. The van der Waals surface area contributed by atoms with Gasteiger partial charge in [-0.1, -0.05) is 30.3 Å². The van der Waals surface area contributed by atoms with E-state index >= 15 is 0 Å². The van der Waals surface area contributed by atoms with Crippen LogP contribution in [0.1, 0.15) is 42.7 Å². The van der Waals surface area contributed by atoms with Crippen LogP contribution in [0.5, 0.6) is 0 Å². The van der Waals surface area contributed by atoms with Gasteiger partial charge < -0.3 is 10.2 Å². The van der Waals surface area contributed by atoms with Crippen molar-refractivity contribution in [1.29, 1.82) is 0 Å². The number of hydrogen-bond acceptors (Lipinski definition) is 7. The molecular weight excluding hydrogens is 507 g/mol. The molecule has 13 heteroatoms. The van der Waals surface area contributed by atoms with E-state index in [2.05, 4.69) is 30.8 Å². The predicted octanol–water partition coefficient (Wildman–Crippen LogP) is 3.13. The summed E-state index contributed by atoms with van der Waals surface area (Å²) >= 11 is 0. The number of halogens is 3. The Balaban J connectivity index is 1.44. The van der Waals surface area contributed by atoms with E-state index in [0.717, 1.165) is 37.6 Å². The topological polar surface area (TPSA) is 130 Å². The van der Waals surface area contributed by atoms with Crippen molar-refractivity contribution < 1.29 is 21.6 Å². The van der Waals surface area contributed by atoms with Crippen LogP contribution in [0.4, 0.5) is 13.2 Å².